The molecule has 0 bridgehead atoms. The lowest BCUT2D eigenvalue weighted by Gasteiger charge is -2.63. The van der Waals surface area contributed by atoms with Crippen LogP contribution in [0.2, 0.25) is 0 Å². The summed E-state index contributed by atoms with van der Waals surface area (Å²) in [5.41, 5.74) is 5.38. The summed E-state index contributed by atoms with van der Waals surface area (Å²) >= 11 is 0. The number of allylic oxidation sites excluding steroid dienone is 4. The van der Waals surface area contributed by atoms with E-state index in [4.69, 9.17) is 0 Å². The molecule has 0 saturated carbocycles. The lowest BCUT2D eigenvalue weighted by molar-refractivity contribution is 0.171. The summed E-state index contributed by atoms with van der Waals surface area (Å²) < 4.78 is 0. The zero-order chi connectivity index (χ0) is 13.0. The number of rotatable bonds is 1. The highest BCUT2D eigenvalue weighted by atomic mass is 14.6. The van der Waals surface area contributed by atoms with Crippen molar-refractivity contribution in [3.63, 3.8) is 0 Å². The van der Waals surface area contributed by atoms with Crippen molar-refractivity contribution in [3.8, 4) is 0 Å². The van der Waals surface area contributed by atoms with Gasteiger partial charge in [-0.15, -0.1) is 0 Å². The lowest BCUT2D eigenvalue weighted by Crippen LogP contribution is -2.57. The first-order chi connectivity index (χ1) is 9.30. The summed E-state index contributed by atoms with van der Waals surface area (Å²) in [4.78, 5) is 0. The average Bonchev–Trinajstić information content (AvgIpc) is 2.37. The molecule has 3 aliphatic rings. The minimum Gasteiger partial charge on any atom is -0.0882 e. The van der Waals surface area contributed by atoms with E-state index < -0.39 is 0 Å². The smallest absolute Gasteiger partial charge is 0.0301 e. The second-order valence-electron chi connectivity index (χ2n) is 6.45. The molecule has 0 fully saturated rings. The Balaban J connectivity index is 1.92. The van der Waals surface area contributed by atoms with E-state index in [9.17, 15) is 0 Å². The van der Waals surface area contributed by atoms with Gasteiger partial charge >= 0.3 is 0 Å². The fourth-order valence-corrected chi connectivity index (χ4v) is 5.05. The van der Waals surface area contributed by atoms with E-state index in [0.717, 1.165) is 11.8 Å². The largest absolute Gasteiger partial charge is 0.0882 e. The van der Waals surface area contributed by atoms with Gasteiger partial charge in [-0.05, 0) is 42.2 Å². The molecular formula is C19H22. The second kappa shape index (κ2) is 3.85. The van der Waals surface area contributed by atoms with Crippen molar-refractivity contribution in [3.05, 3.63) is 59.2 Å². The van der Waals surface area contributed by atoms with Gasteiger partial charge in [-0.3, -0.25) is 0 Å². The van der Waals surface area contributed by atoms with Crippen LogP contribution in [0.3, 0.4) is 0 Å². The molecule has 0 radical (unpaired) electrons. The summed E-state index contributed by atoms with van der Waals surface area (Å²) in [6.07, 6.45) is 11.3. The molecule has 4 unspecified atom stereocenters. The van der Waals surface area contributed by atoms with Crippen LogP contribution in [-0.4, -0.2) is 0 Å². The van der Waals surface area contributed by atoms with Gasteiger partial charge in [0.05, 0.1) is 0 Å². The van der Waals surface area contributed by atoms with Crippen LogP contribution < -0.4 is 0 Å². The fourth-order valence-electron chi connectivity index (χ4n) is 5.05. The maximum Gasteiger partial charge on any atom is 0.0301 e. The van der Waals surface area contributed by atoms with Crippen LogP contribution in [0.4, 0.5) is 0 Å². The van der Waals surface area contributed by atoms with Crippen molar-refractivity contribution in [1.29, 1.82) is 0 Å². The Hall–Kier alpha value is -1.30. The van der Waals surface area contributed by atoms with Crippen molar-refractivity contribution in [2.75, 3.05) is 0 Å². The molecule has 19 heavy (non-hydrogen) atoms. The number of fused-ring (bicyclic) bond motifs is 2. The summed E-state index contributed by atoms with van der Waals surface area (Å²) in [6, 6.07) is 9.19. The third-order valence-corrected chi connectivity index (χ3v) is 5.74. The molecule has 98 valence electrons. The number of benzene rings is 1. The Morgan fingerprint density at radius 2 is 2.11 bits per heavy atom. The van der Waals surface area contributed by atoms with E-state index in [2.05, 4.69) is 56.3 Å². The molecule has 0 aromatic heterocycles. The van der Waals surface area contributed by atoms with Crippen molar-refractivity contribution in [2.24, 2.45) is 11.8 Å². The zero-order valence-electron chi connectivity index (χ0n) is 11.9. The molecule has 0 amide bonds. The van der Waals surface area contributed by atoms with Crippen LogP contribution >= 0.6 is 0 Å². The molecule has 4 atom stereocenters. The Morgan fingerprint density at radius 1 is 1.26 bits per heavy atom. The third-order valence-electron chi connectivity index (χ3n) is 5.74. The second-order valence-corrected chi connectivity index (χ2v) is 6.45. The molecular weight excluding hydrogens is 228 g/mol. The van der Waals surface area contributed by atoms with Crippen LogP contribution in [0, 0.1) is 11.8 Å². The van der Waals surface area contributed by atoms with Gasteiger partial charge in [0, 0.05) is 11.3 Å². The number of hydrogen-bond donors (Lipinski definition) is 0. The first-order valence-corrected chi connectivity index (χ1v) is 7.77. The predicted molar refractivity (Wildman–Crippen MR) is 80.3 cm³/mol. The molecule has 1 aromatic rings. The van der Waals surface area contributed by atoms with Crippen molar-refractivity contribution in [2.45, 2.75) is 44.4 Å². The van der Waals surface area contributed by atoms with Gasteiger partial charge in [0.25, 0.3) is 0 Å². The molecule has 0 aliphatic heterocycles. The number of hydrogen-bond acceptors (Lipinski definition) is 0. The van der Waals surface area contributed by atoms with Gasteiger partial charge in [-0.1, -0.05) is 61.9 Å². The fraction of sp³-hybridized carbons (Fsp3) is 0.474. The van der Waals surface area contributed by atoms with Crippen LogP contribution in [0.25, 0.3) is 0 Å². The highest BCUT2D eigenvalue weighted by Crippen LogP contribution is 2.69. The molecule has 0 heterocycles. The van der Waals surface area contributed by atoms with Crippen LogP contribution in [-0.2, 0) is 5.41 Å². The molecule has 4 rings (SSSR count). The van der Waals surface area contributed by atoms with Gasteiger partial charge in [0.2, 0.25) is 0 Å². The molecule has 1 spiro atoms. The van der Waals surface area contributed by atoms with Gasteiger partial charge in [0.15, 0.2) is 0 Å². The van der Waals surface area contributed by atoms with E-state index >= 15 is 0 Å². The highest BCUT2D eigenvalue weighted by Gasteiger charge is 2.61. The van der Waals surface area contributed by atoms with Crippen molar-refractivity contribution in [1.82, 2.24) is 0 Å². The Bertz CT molecular complexity index is 577. The molecule has 0 nitrogen and oxygen atoms in total. The third kappa shape index (κ3) is 1.21. The van der Waals surface area contributed by atoms with Crippen LogP contribution in [0.15, 0.2) is 48.1 Å². The SMILES string of the molecule is CCC1=CC2CC/C=C\C(C)C3c4ccccc4C123. The van der Waals surface area contributed by atoms with Gasteiger partial charge in [0.1, 0.15) is 0 Å². The van der Waals surface area contributed by atoms with Crippen LogP contribution in [0.5, 0.6) is 0 Å². The lowest BCUT2D eigenvalue weighted by atomic mass is 9.39. The highest BCUT2D eigenvalue weighted by molar-refractivity contribution is 5.63. The first kappa shape index (κ1) is 11.5. The first-order valence-electron chi connectivity index (χ1n) is 7.77. The summed E-state index contributed by atoms with van der Waals surface area (Å²) in [6.45, 7) is 4.74. The normalized spacial score (nSPS) is 40.3. The van der Waals surface area contributed by atoms with Gasteiger partial charge in [-0.25, -0.2) is 0 Å². The predicted octanol–water partition coefficient (Wildman–Crippen LogP) is 4.97. The van der Waals surface area contributed by atoms with Crippen molar-refractivity contribution >= 4 is 0 Å². The Morgan fingerprint density at radius 3 is 2.95 bits per heavy atom. The van der Waals surface area contributed by atoms with E-state index in [0.29, 0.717) is 11.3 Å². The maximum atomic E-state index is 2.58. The van der Waals surface area contributed by atoms with Crippen molar-refractivity contribution < 1.29 is 0 Å². The van der Waals surface area contributed by atoms with Gasteiger partial charge in [-0.2, -0.15) is 0 Å². The monoisotopic (exact) mass is 250 g/mol. The van der Waals surface area contributed by atoms with E-state index in [1.165, 1.54) is 19.3 Å². The Kier molecular flexibility index (Phi) is 2.33. The van der Waals surface area contributed by atoms with E-state index in [1.807, 2.05) is 0 Å². The topological polar surface area (TPSA) is 0 Å². The summed E-state index contributed by atoms with van der Waals surface area (Å²) in [7, 11) is 0. The molecule has 0 heteroatoms. The van der Waals surface area contributed by atoms with E-state index in [1.54, 1.807) is 16.7 Å². The maximum absolute atomic E-state index is 2.58. The minimum absolute atomic E-state index is 0.412. The average molecular weight is 250 g/mol. The van der Waals surface area contributed by atoms with E-state index in [-0.39, 0.29) is 0 Å². The minimum atomic E-state index is 0.412. The summed E-state index contributed by atoms with van der Waals surface area (Å²) in [5, 5.41) is 0. The quantitative estimate of drug-likeness (QED) is 0.617. The summed E-state index contributed by atoms with van der Waals surface area (Å²) in [5.74, 6) is 2.19. The molecule has 0 N–H and O–H groups in total. The van der Waals surface area contributed by atoms with Crippen LogP contribution in [0.1, 0.15) is 50.2 Å². The molecule has 3 aliphatic carbocycles. The molecule has 0 saturated heterocycles. The van der Waals surface area contributed by atoms with Gasteiger partial charge < -0.3 is 0 Å². The Labute approximate surface area is 116 Å². The zero-order valence-corrected chi connectivity index (χ0v) is 11.9. The molecule has 1 aromatic carbocycles. The standard InChI is InChI=1S/C19H22/c1-3-14-12-15-9-5-4-8-13(2)18-16-10-6-7-11-17(16)19(14,15)18/h4,6-8,10-13,15,18H,3,5,9H2,1-2H3/b8-4-.